The van der Waals surface area contributed by atoms with Crippen molar-refractivity contribution in [2.24, 2.45) is 0 Å². The molecule has 2 fully saturated rings. The summed E-state index contributed by atoms with van der Waals surface area (Å²) in [5.41, 5.74) is 0.0242. The lowest BCUT2D eigenvalue weighted by molar-refractivity contribution is 0.102. The third kappa shape index (κ3) is 4.40. The van der Waals surface area contributed by atoms with Gasteiger partial charge in [0.05, 0.1) is 24.0 Å². The summed E-state index contributed by atoms with van der Waals surface area (Å²) in [6.45, 7) is 2.80. The summed E-state index contributed by atoms with van der Waals surface area (Å²) in [5.74, 6) is 0.0443. The number of aliphatic hydroxyl groups is 1. The second-order valence-electron chi connectivity index (χ2n) is 8.50. The molecule has 10 nitrogen and oxygen atoms in total. The Morgan fingerprint density at radius 1 is 1.27 bits per heavy atom. The molecule has 2 aliphatic rings. The molecule has 0 bridgehead atoms. The number of fused-ring (bicyclic) bond motifs is 1. The number of halogens is 2. The summed E-state index contributed by atoms with van der Waals surface area (Å²) in [7, 11) is 0. The number of aliphatic hydroxyl groups excluding tert-OH is 1. The van der Waals surface area contributed by atoms with Crippen molar-refractivity contribution in [2.45, 2.75) is 44.3 Å². The highest BCUT2D eigenvalue weighted by atomic mass is 19.3. The predicted molar refractivity (Wildman–Crippen MR) is 117 cm³/mol. The highest BCUT2D eigenvalue weighted by molar-refractivity contribution is 6.08. The van der Waals surface area contributed by atoms with E-state index in [9.17, 15) is 18.7 Å². The molecule has 0 spiro atoms. The number of hydrogen-bond donors (Lipinski definition) is 3. The Balaban J connectivity index is 1.41. The number of piperidine rings is 2. The van der Waals surface area contributed by atoms with Gasteiger partial charge in [0.15, 0.2) is 11.3 Å². The molecule has 176 valence electrons. The van der Waals surface area contributed by atoms with Crippen LogP contribution < -0.4 is 15.5 Å². The van der Waals surface area contributed by atoms with Crippen LogP contribution in [0.25, 0.3) is 5.65 Å². The van der Waals surface area contributed by atoms with Crippen molar-refractivity contribution >= 4 is 23.1 Å². The van der Waals surface area contributed by atoms with Crippen molar-refractivity contribution in [1.29, 1.82) is 0 Å². The lowest BCUT2D eigenvalue weighted by Gasteiger charge is -2.30. The van der Waals surface area contributed by atoms with Gasteiger partial charge in [0.1, 0.15) is 11.4 Å². The Labute approximate surface area is 188 Å². The maximum atomic E-state index is 13.7. The van der Waals surface area contributed by atoms with Gasteiger partial charge in [-0.15, -0.1) is 0 Å². The van der Waals surface area contributed by atoms with Crippen LogP contribution >= 0.6 is 0 Å². The van der Waals surface area contributed by atoms with E-state index in [0.717, 1.165) is 45.3 Å². The lowest BCUT2D eigenvalue weighted by Crippen LogP contribution is -2.38. The average molecular weight is 460 g/mol. The molecule has 0 aliphatic carbocycles. The minimum Gasteiger partial charge on any atom is -0.391 e. The Kier molecular flexibility index (Phi) is 5.94. The zero-order chi connectivity index (χ0) is 22.9. The van der Waals surface area contributed by atoms with E-state index in [1.807, 2.05) is 4.90 Å². The minimum atomic E-state index is -2.82. The van der Waals surface area contributed by atoms with Gasteiger partial charge in [0.25, 0.3) is 12.3 Å². The Morgan fingerprint density at radius 3 is 2.85 bits per heavy atom. The van der Waals surface area contributed by atoms with Crippen molar-refractivity contribution in [3.8, 4) is 0 Å². The fraction of sp³-hybridized carbons (Fsp3) is 0.524. The first kappa shape index (κ1) is 21.7. The molecule has 12 heteroatoms. The quantitative estimate of drug-likeness (QED) is 0.534. The third-order valence-corrected chi connectivity index (χ3v) is 6.22. The van der Waals surface area contributed by atoms with Gasteiger partial charge in [0, 0.05) is 25.5 Å². The molecule has 2 aliphatic heterocycles. The molecule has 3 aromatic rings. The molecule has 2 saturated heterocycles. The van der Waals surface area contributed by atoms with Crippen LogP contribution in [0, 0.1) is 0 Å². The number of nitrogens with zero attached hydrogens (tertiary/aromatic N) is 6. The van der Waals surface area contributed by atoms with Crippen LogP contribution in [0.5, 0.6) is 0 Å². The summed E-state index contributed by atoms with van der Waals surface area (Å²) >= 11 is 0. The van der Waals surface area contributed by atoms with Crippen LogP contribution in [0.4, 0.5) is 20.3 Å². The van der Waals surface area contributed by atoms with Crippen molar-refractivity contribution in [3.63, 3.8) is 0 Å². The van der Waals surface area contributed by atoms with E-state index in [1.54, 1.807) is 12.3 Å². The molecule has 1 amide bonds. The van der Waals surface area contributed by atoms with E-state index in [0.29, 0.717) is 18.0 Å². The number of hydrogen-bond acceptors (Lipinski definition) is 7. The first-order chi connectivity index (χ1) is 16.0. The summed E-state index contributed by atoms with van der Waals surface area (Å²) in [6, 6.07) is 1.79. The zero-order valence-corrected chi connectivity index (χ0v) is 18.0. The van der Waals surface area contributed by atoms with E-state index in [4.69, 9.17) is 0 Å². The van der Waals surface area contributed by atoms with E-state index < -0.39 is 24.1 Å². The van der Waals surface area contributed by atoms with Gasteiger partial charge in [0.2, 0.25) is 0 Å². The van der Waals surface area contributed by atoms with Crippen LogP contribution in [0.15, 0.2) is 24.7 Å². The van der Waals surface area contributed by atoms with Gasteiger partial charge in [-0.1, -0.05) is 0 Å². The Bertz CT molecular complexity index is 1140. The van der Waals surface area contributed by atoms with Crippen LogP contribution in [-0.2, 0) is 0 Å². The number of nitrogens with one attached hydrogen (secondary N) is 2. The monoisotopic (exact) mass is 460 g/mol. The third-order valence-electron chi connectivity index (χ3n) is 6.22. The molecule has 0 aromatic carbocycles. The molecular formula is C21H26F2N8O2. The van der Waals surface area contributed by atoms with Crippen LogP contribution in [0.1, 0.15) is 54.2 Å². The molecule has 1 atom stereocenters. The van der Waals surface area contributed by atoms with Gasteiger partial charge in [-0.3, -0.25) is 9.48 Å². The molecule has 0 unspecified atom stereocenters. The Hall–Kier alpha value is -3.12. The van der Waals surface area contributed by atoms with E-state index in [2.05, 4.69) is 25.8 Å². The standard InChI is InChI=1S/C21H26F2N8O2/c22-19(23)18-16(12-31(28-18)13-3-6-24-7-4-13)26-21(33)15-10-25-30-9-5-17(27-20(15)30)29-8-1-2-14(32)11-29/h5,9-10,12-14,19,24,32H,1-4,6-8,11H2,(H,26,33)/t14-/m0/s1. The highest BCUT2D eigenvalue weighted by Gasteiger charge is 2.26. The number of β-amino-alcohol motifs (C(OH)–C–C–N with tert-alkyl or cyclic N) is 1. The number of rotatable bonds is 5. The highest BCUT2D eigenvalue weighted by Crippen LogP contribution is 2.29. The van der Waals surface area contributed by atoms with Crippen molar-refractivity contribution in [2.75, 3.05) is 36.4 Å². The van der Waals surface area contributed by atoms with Crippen molar-refractivity contribution < 1.29 is 18.7 Å². The molecule has 5 rings (SSSR count). The fourth-order valence-electron chi connectivity index (χ4n) is 4.47. The van der Waals surface area contributed by atoms with Gasteiger partial charge < -0.3 is 20.6 Å². The Morgan fingerprint density at radius 2 is 2.09 bits per heavy atom. The first-order valence-electron chi connectivity index (χ1n) is 11.2. The van der Waals surface area contributed by atoms with Gasteiger partial charge >= 0.3 is 0 Å². The van der Waals surface area contributed by atoms with Gasteiger partial charge in [-0.05, 0) is 44.8 Å². The largest absolute Gasteiger partial charge is 0.391 e. The zero-order valence-electron chi connectivity index (χ0n) is 18.0. The molecule has 5 heterocycles. The van der Waals surface area contributed by atoms with Gasteiger partial charge in [-0.2, -0.15) is 10.2 Å². The van der Waals surface area contributed by atoms with E-state index >= 15 is 0 Å². The maximum Gasteiger partial charge on any atom is 0.284 e. The fourth-order valence-corrected chi connectivity index (χ4v) is 4.47. The van der Waals surface area contributed by atoms with Crippen LogP contribution in [-0.4, -0.2) is 67.7 Å². The molecule has 3 N–H and O–H groups in total. The van der Waals surface area contributed by atoms with E-state index in [-0.39, 0.29) is 17.3 Å². The van der Waals surface area contributed by atoms with E-state index in [1.165, 1.54) is 21.6 Å². The lowest BCUT2D eigenvalue weighted by atomic mass is 10.1. The number of carbonyl (C=O) groups excluding carboxylic acids is 1. The summed E-state index contributed by atoms with van der Waals surface area (Å²) in [4.78, 5) is 19.6. The smallest absolute Gasteiger partial charge is 0.284 e. The SMILES string of the molecule is O=C(Nc1cn(C2CCNCC2)nc1C(F)F)c1cnn2ccc(N3CCC[C@H](O)C3)nc12. The molecule has 33 heavy (non-hydrogen) atoms. The normalized spacial score (nSPS) is 20.0. The summed E-state index contributed by atoms with van der Waals surface area (Å²) in [5, 5.41) is 24.0. The second kappa shape index (κ2) is 9.02. The second-order valence-corrected chi connectivity index (χ2v) is 8.50. The summed E-state index contributed by atoms with van der Waals surface area (Å²) in [6.07, 6.45) is 4.45. The number of alkyl halides is 2. The van der Waals surface area contributed by atoms with Gasteiger partial charge in [-0.25, -0.2) is 18.3 Å². The molecule has 3 aromatic heterocycles. The topological polar surface area (TPSA) is 113 Å². The average Bonchev–Trinajstić information content (AvgIpc) is 3.44. The predicted octanol–water partition coefficient (Wildman–Crippen LogP) is 2.00. The van der Waals surface area contributed by atoms with Crippen molar-refractivity contribution in [1.82, 2.24) is 29.7 Å². The summed E-state index contributed by atoms with van der Waals surface area (Å²) < 4.78 is 30.3. The molecular weight excluding hydrogens is 434 g/mol. The number of aromatic nitrogens is 5. The number of amides is 1. The first-order valence-corrected chi connectivity index (χ1v) is 11.2. The van der Waals surface area contributed by atoms with Crippen molar-refractivity contribution in [3.05, 3.63) is 35.9 Å². The number of anilines is 2. The minimum absolute atomic E-state index is 0.00972. The maximum absolute atomic E-state index is 13.7. The molecule has 0 radical (unpaired) electrons. The number of carbonyl (C=O) groups is 1. The van der Waals surface area contributed by atoms with Crippen LogP contribution in [0.2, 0.25) is 0 Å². The van der Waals surface area contributed by atoms with Crippen LogP contribution in [0.3, 0.4) is 0 Å². The molecule has 0 saturated carbocycles.